The molecule has 1 aliphatic heterocycles. The van der Waals surface area contributed by atoms with E-state index in [1.165, 1.54) is 5.56 Å². The lowest BCUT2D eigenvalue weighted by Gasteiger charge is -2.18. The van der Waals surface area contributed by atoms with E-state index in [1.54, 1.807) is 4.90 Å². The number of amides is 1. The Labute approximate surface area is 187 Å². The standard InChI is InChI=1S/C28H23NO3/c30-27-18-23(19-29(27)26-12-6-10-22-9-4-5-11-25(22)26)28(31)32-24-15-13-21(14-16-24)17-20-7-2-1-3-8-20/h1-16,23H,17-19H2/t23-/m0/s1. The minimum atomic E-state index is -0.481. The van der Waals surface area contributed by atoms with Gasteiger partial charge in [0.05, 0.1) is 11.6 Å². The molecule has 0 aromatic heterocycles. The lowest BCUT2D eigenvalue weighted by atomic mass is 10.1. The Morgan fingerprint density at radius 2 is 1.50 bits per heavy atom. The molecule has 0 spiro atoms. The number of hydrogen-bond donors (Lipinski definition) is 0. The molecule has 4 heteroatoms. The fourth-order valence-electron chi connectivity index (χ4n) is 4.25. The van der Waals surface area contributed by atoms with Gasteiger partial charge in [-0.2, -0.15) is 0 Å². The van der Waals surface area contributed by atoms with Crippen molar-refractivity contribution in [1.82, 2.24) is 0 Å². The van der Waals surface area contributed by atoms with E-state index in [0.717, 1.165) is 28.4 Å². The topological polar surface area (TPSA) is 46.6 Å². The van der Waals surface area contributed by atoms with Gasteiger partial charge in [-0.3, -0.25) is 9.59 Å². The summed E-state index contributed by atoms with van der Waals surface area (Å²) >= 11 is 0. The number of anilines is 1. The molecule has 158 valence electrons. The van der Waals surface area contributed by atoms with Gasteiger partial charge < -0.3 is 9.64 Å². The second kappa shape index (κ2) is 8.67. The minimum Gasteiger partial charge on any atom is -0.426 e. The lowest BCUT2D eigenvalue weighted by Crippen LogP contribution is -2.27. The van der Waals surface area contributed by atoms with Crippen LogP contribution in [0, 0.1) is 5.92 Å². The first-order valence-electron chi connectivity index (χ1n) is 10.8. The number of ether oxygens (including phenoxy) is 1. The molecule has 4 aromatic rings. The number of carbonyl (C=O) groups is 2. The van der Waals surface area contributed by atoms with Gasteiger partial charge in [-0.05, 0) is 41.1 Å². The van der Waals surface area contributed by atoms with Gasteiger partial charge in [0.2, 0.25) is 5.91 Å². The Balaban J connectivity index is 1.26. The van der Waals surface area contributed by atoms with Crippen LogP contribution in [0.2, 0.25) is 0 Å². The lowest BCUT2D eigenvalue weighted by molar-refractivity contribution is -0.139. The van der Waals surface area contributed by atoms with Crippen LogP contribution in [0.1, 0.15) is 17.5 Å². The molecule has 1 amide bonds. The van der Waals surface area contributed by atoms with Crippen LogP contribution in [0.3, 0.4) is 0 Å². The molecule has 1 aliphatic rings. The summed E-state index contributed by atoms with van der Waals surface area (Å²) in [4.78, 5) is 27.2. The van der Waals surface area contributed by atoms with Crippen molar-refractivity contribution in [1.29, 1.82) is 0 Å². The van der Waals surface area contributed by atoms with Crippen LogP contribution in [0.5, 0.6) is 5.75 Å². The first kappa shape index (κ1) is 20.0. The Hall–Kier alpha value is -3.92. The van der Waals surface area contributed by atoms with Crippen LogP contribution < -0.4 is 9.64 Å². The molecule has 4 nitrogen and oxygen atoms in total. The monoisotopic (exact) mass is 421 g/mol. The third-order valence-corrected chi connectivity index (χ3v) is 5.91. The summed E-state index contributed by atoms with van der Waals surface area (Å²) in [5.41, 5.74) is 3.22. The quantitative estimate of drug-likeness (QED) is 0.321. The third-order valence-electron chi connectivity index (χ3n) is 5.91. The van der Waals surface area contributed by atoms with Crippen LogP contribution in [-0.2, 0) is 16.0 Å². The van der Waals surface area contributed by atoms with Crippen molar-refractivity contribution < 1.29 is 14.3 Å². The molecule has 0 unspecified atom stereocenters. The second-order valence-electron chi connectivity index (χ2n) is 8.13. The molecule has 0 bridgehead atoms. The Kier molecular flexibility index (Phi) is 5.42. The predicted octanol–water partition coefficient (Wildman–Crippen LogP) is 5.39. The summed E-state index contributed by atoms with van der Waals surface area (Å²) in [6, 6.07) is 31.6. The molecule has 1 fully saturated rings. The van der Waals surface area contributed by atoms with E-state index in [-0.39, 0.29) is 18.3 Å². The van der Waals surface area contributed by atoms with E-state index in [4.69, 9.17) is 4.74 Å². The van der Waals surface area contributed by atoms with E-state index in [9.17, 15) is 9.59 Å². The molecule has 0 radical (unpaired) electrons. The van der Waals surface area contributed by atoms with Crippen LogP contribution >= 0.6 is 0 Å². The van der Waals surface area contributed by atoms with Crippen LogP contribution in [0.25, 0.3) is 10.8 Å². The maximum atomic E-state index is 12.8. The number of fused-ring (bicyclic) bond motifs is 1. The van der Waals surface area contributed by atoms with Gasteiger partial charge in [0.25, 0.3) is 0 Å². The van der Waals surface area contributed by atoms with Crippen LogP contribution in [0.4, 0.5) is 5.69 Å². The highest BCUT2D eigenvalue weighted by Crippen LogP contribution is 2.32. The first-order chi connectivity index (χ1) is 15.7. The maximum absolute atomic E-state index is 12.8. The highest BCUT2D eigenvalue weighted by molar-refractivity contribution is 6.06. The summed E-state index contributed by atoms with van der Waals surface area (Å²) in [6.07, 6.45) is 0.986. The van der Waals surface area contributed by atoms with E-state index in [2.05, 4.69) is 12.1 Å². The number of esters is 1. The Bertz CT molecular complexity index is 1260. The van der Waals surface area contributed by atoms with Gasteiger partial charge in [0, 0.05) is 18.4 Å². The Morgan fingerprint density at radius 3 is 2.31 bits per heavy atom. The van der Waals surface area contributed by atoms with Gasteiger partial charge in [-0.1, -0.05) is 78.9 Å². The zero-order valence-electron chi connectivity index (χ0n) is 17.6. The molecule has 1 saturated heterocycles. The zero-order chi connectivity index (χ0) is 21.9. The third kappa shape index (κ3) is 4.12. The molecule has 1 heterocycles. The summed E-state index contributed by atoms with van der Waals surface area (Å²) in [5.74, 6) is -0.397. The van der Waals surface area contributed by atoms with Crippen molar-refractivity contribution >= 4 is 28.3 Å². The van der Waals surface area contributed by atoms with Crippen molar-refractivity contribution in [3.05, 3.63) is 108 Å². The molecule has 0 aliphatic carbocycles. The minimum absolute atomic E-state index is 0.0542. The largest absolute Gasteiger partial charge is 0.426 e. The van der Waals surface area contributed by atoms with Crippen molar-refractivity contribution in [3.63, 3.8) is 0 Å². The van der Waals surface area contributed by atoms with Crippen molar-refractivity contribution in [2.45, 2.75) is 12.8 Å². The summed E-state index contributed by atoms with van der Waals surface area (Å²) in [5, 5.41) is 2.07. The van der Waals surface area contributed by atoms with Crippen LogP contribution in [-0.4, -0.2) is 18.4 Å². The molecule has 0 N–H and O–H groups in total. The van der Waals surface area contributed by atoms with Crippen molar-refractivity contribution in [3.8, 4) is 5.75 Å². The summed E-state index contributed by atoms with van der Waals surface area (Å²) < 4.78 is 5.61. The highest BCUT2D eigenvalue weighted by Gasteiger charge is 2.37. The molecule has 4 aromatic carbocycles. The predicted molar refractivity (Wildman–Crippen MR) is 126 cm³/mol. The van der Waals surface area contributed by atoms with E-state index in [0.29, 0.717) is 12.3 Å². The average molecular weight is 421 g/mol. The SMILES string of the molecule is O=C(Oc1ccc(Cc2ccccc2)cc1)[C@H]1CC(=O)N(c2cccc3ccccc23)C1. The van der Waals surface area contributed by atoms with Crippen LogP contribution in [0.15, 0.2) is 97.1 Å². The van der Waals surface area contributed by atoms with Gasteiger partial charge >= 0.3 is 5.97 Å². The van der Waals surface area contributed by atoms with Gasteiger partial charge in [0.1, 0.15) is 5.75 Å². The number of hydrogen-bond acceptors (Lipinski definition) is 3. The van der Waals surface area contributed by atoms with Crippen molar-refractivity contribution in [2.75, 3.05) is 11.4 Å². The molecular formula is C28H23NO3. The van der Waals surface area contributed by atoms with E-state index in [1.807, 2.05) is 84.9 Å². The fraction of sp³-hybridized carbons (Fsp3) is 0.143. The smallest absolute Gasteiger partial charge is 0.316 e. The fourth-order valence-corrected chi connectivity index (χ4v) is 4.25. The Morgan fingerprint density at radius 1 is 0.812 bits per heavy atom. The first-order valence-corrected chi connectivity index (χ1v) is 10.8. The van der Waals surface area contributed by atoms with Gasteiger partial charge in [0.15, 0.2) is 0 Å². The zero-order valence-corrected chi connectivity index (χ0v) is 17.6. The maximum Gasteiger partial charge on any atom is 0.316 e. The number of carbonyl (C=O) groups excluding carboxylic acids is 2. The second-order valence-corrected chi connectivity index (χ2v) is 8.13. The average Bonchev–Trinajstić information content (AvgIpc) is 3.22. The van der Waals surface area contributed by atoms with Gasteiger partial charge in [-0.25, -0.2) is 0 Å². The summed E-state index contributed by atoms with van der Waals surface area (Å²) in [6.45, 7) is 0.331. The molecule has 0 saturated carbocycles. The van der Waals surface area contributed by atoms with E-state index < -0.39 is 5.92 Å². The molecular weight excluding hydrogens is 398 g/mol. The number of nitrogens with zero attached hydrogens (tertiary/aromatic N) is 1. The van der Waals surface area contributed by atoms with Gasteiger partial charge in [-0.15, -0.1) is 0 Å². The molecule has 32 heavy (non-hydrogen) atoms. The number of rotatable bonds is 5. The molecule has 1 atom stereocenters. The van der Waals surface area contributed by atoms with E-state index >= 15 is 0 Å². The van der Waals surface area contributed by atoms with Crippen molar-refractivity contribution in [2.24, 2.45) is 5.92 Å². The normalized spacial score (nSPS) is 15.8. The summed E-state index contributed by atoms with van der Waals surface area (Å²) in [7, 11) is 0. The highest BCUT2D eigenvalue weighted by atomic mass is 16.5. The number of benzene rings is 4. The molecule has 5 rings (SSSR count).